The fourth-order valence-electron chi connectivity index (χ4n) is 1.90. The van der Waals surface area contributed by atoms with E-state index in [1.807, 2.05) is 19.1 Å². The van der Waals surface area contributed by atoms with Crippen LogP contribution in [0.4, 0.5) is 0 Å². The number of hydrogen-bond donors (Lipinski definition) is 1. The lowest BCUT2D eigenvalue weighted by Gasteiger charge is -2.09. The van der Waals surface area contributed by atoms with E-state index in [9.17, 15) is 0 Å². The minimum Gasteiger partial charge on any atom is -0.497 e. The van der Waals surface area contributed by atoms with Crippen LogP contribution in [-0.2, 0) is 6.42 Å². The second kappa shape index (κ2) is 7.16. The average Bonchev–Trinajstić information content (AvgIpc) is 2.42. The van der Waals surface area contributed by atoms with Gasteiger partial charge in [0.2, 0.25) is 0 Å². The van der Waals surface area contributed by atoms with E-state index in [1.54, 1.807) is 18.9 Å². The first-order chi connectivity index (χ1) is 9.58. The Morgan fingerprint density at radius 3 is 2.45 bits per heavy atom. The molecule has 4 heteroatoms. The maximum atomic E-state index is 5.83. The SMILES string of the molecule is COc1ccc(Sc2ccc(CC(C)N)cc2Br)cc1. The molecule has 2 aromatic carbocycles. The first-order valence-corrected chi connectivity index (χ1v) is 8.05. The summed E-state index contributed by atoms with van der Waals surface area (Å²) in [5.41, 5.74) is 7.09. The molecule has 2 aromatic rings. The zero-order chi connectivity index (χ0) is 14.5. The van der Waals surface area contributed by atoms with Crippen molar-refractivity contribution in [3.63, 3.8) is 0 Å². The third-order valence-corrected chi connectivity index (χ3v) is 4.84. The quantitative estimate of drug-likeness (QED) is 0.861. The Hall–Kier alpha value is -0.970. The number of halogens is 1. The second-order valence-electron chi connectivity index (χ2n) is 4.72. The normalized spacial score (nSPS) is 12.2. The second-order valence-corrected chi connectivity index (χ2v) is 6.69. The van der Waals surface area contributed by atoms with Gasteiger partial charge in [-0.15, -0.1) is 0 Å². The molecule has 106 valence electrons. The molecule has 0 amide bonds. The Morgan fingerprint density at radius 2 is 1.90 bits per heavy atom. The molecule has 1 atom stereocenters. The molecule has 2 nitrogen and oxygen atoms in total. The molecule has 0 fully saturated rings. The molecule has 0 saturated heterocycles. The molecule has 20 heavy (non-hydrogen) atoms. The molecule has 0 heterocycles. The van der Waals surface area contributed by atoms with Gasteiger partial charge in [-0.1, -0.05) is 17.8 Å². The Balaban J connectivity index is 2.12. The maximum absolute atomic E-state index is 5.83. The van der Waals surface area contributed by atoms with Gasteiger partial charge in [-0.05, 0) is 71.2 Å². The molecule has 0 spiro atoms. The van der Waals surface area contributed by atoms with Crippen LogP contribution in [-0.4, -0.2) is 13.2 Å². The van der Waals surface area contributed by atoms with Gasteiger partial charge in [0.15, 0.2) is 0 Å². The van der Waals surface area contributed by atoms with E-state index < -0.39 is 0 Å². The van der Waals surface area contributed by atoms with E-state index in [-0.39, 0.29) is 6.04 Å². The predicted octanol–water partition coefficient (Wildman–Crippen LogP) is 4.50. The van der Waals surface area contributed by atoms with Crippen molar-refractivity contribution in [1.82, 2.24) is 0 Å². The van der Waals surface area contributed by atoms with E-state index in [4.69, 9.17) is 10.5 Å². The first kappa shape index (κ1) is 15.4. The van der Waals surface area contributed by atoms with E-state index >= 15 is 0 Å². The van der Waals surface area contributed by atoms with Gasteiger partial charge in [0, 0.05) is 20.3 Å². The molecule has 2 N–H and O–H groups in total. The van der Waals surface area contributed by atoms with Gasteiger partial charge in [-0.3, -0.25) is 0 Å². The first-order valence-electron chi connectivity index (χ1n) is 6.44. The van der Waals surface area contributed by atoms with Crippen molar-refractivity contribution in [3.8, 4) is 5.75 Å². The van der Waals surface area contributed by atoms with Gasteiger partial charge in [0.25, 0.3) is 0 Å². The van der Waals surface area contributed by atoms with Crippen molar-refractivity contribution in [2.45, 2.75) is 29.2 Å². The van der Waals surface area contributed by atoms with Crippen LogP contribution >= 0.6 is 27.7 Å². The number of rotatable bonds is 5. The Bertz CT molecular complexity index is 569. The number of hydrogen-bond acceptors (Lipinski definition) is 3. The monoisotopic (exact) mass is 351 g/mol. The third kappa shape index (κ3) is 4.27. The van der Waals surface area contributed by atoms with Crippen LogP contribution in [0.1, 0.15) is 12.5 Å². The molecule has 0 aliphatic carbocycles. The van der Waals surface area contributed by atoms with Crippen LogP contribution in [0, 0.1) is 0 Å². The van der Waals surface area contributed by atoms with Crippen molar-refractivity contribution in [3.05, 3.63) is 52.5 Å². The van der Waals surface area contributed by atoms with Crippen LogP contribution < -0.4 is 10.5 Å². The van der Waals surface area contributed by atoms with Gasteiger partial charge in [0.05, 0.1) is 7.11 Å². The lowest BCUT2D eigenvalue weighted by atomic mass is 10.1. The highest BCUT2D eigenvalue weighted by Gasteiger charge is 2.05. The van der Waals surface area contributed by atoms with Crippen molar-refractivity contribution in [2.75, 3.05) is 7.11 Å². The average molecular weight is 352 g/mol. The summed E-state index contributed by atoms with van der Waals surface area (Å²) in [6.07, 6.45) is 0.895. The van der Waals surface area contributed by atoms with Crippen LogP contribution in [0.5, 0.6) is 5.75 Å². The molecule has 0 bridgehead atoms. The number of ether oxygens (including phenoxy) is 1. The summed E-state index contributed by atoms with van der Waals surface area (Å²) in [4.78, 5) is 2.38. The Kier molecular flexibility index (Phi) is 5.52. The molecule has 1 unspecified atom stereocenters. The standard InChI is InChI=1S/C16H18BrNOS/c1-11(18)9-12-3-8-16(15(17)10-12)20-14-6-4-13(19-2)5-7-14/h3-8,10-11H,9,18H2,1-2H3. The Labute approximate surface area is 132 Å². The lowest BCUT2D eigenvalue weighted by molar-refractivity contribution is 0.414. The minimum atomic E-state index is 0.182. The molecule has 2 rings (SSSR count). The zero-order valence-corrected chi connectivity index (χ0v) is 14.0. The third-order valence-electron chi connectivity index (χ3n) is 2.84. The maximum Gasteiger partial charge on any atom is 0.118 e. The lowest BCUT2D eigenvalue weighted by Crippen LogP contribution is -2.17. The number of nitrogens with two attached hydrogens (primary N) is 1. The summed E-state index contributed by atoms with van der Waals surface area (Å²) in [6.45, 7) is 2.02. The molecular formula is C16H18BrNOS. The fraction of sp³-hybridized carbons (Fsp3) is 0.250. The summed E-state index contributed by atoms with van der Waals surface area (Å²) < 4.78 is 6.27. The topological polar surface area (TPSA) is 35.2 Å². The van der Waals surface area contributed by atoms with Gasteiger partial charge in [0.1, 0.15) is 5.75 Å². The van der Waals surface area contributed by atoms with Gasteiger partial charge >= 0.3 is 0 Å². The summed E-state index contributed by atoms with van der Waals surface area (Å²) >= 11 is 5.36. The van der Waals surface area contributed by atoms with Crippen molar-refractivity contribution in [1.29, 1.82) is 0 Å². The number of benzene rings is 2. The van der Waals surface area contributed by atoms with Crippen molar-refractivity contribution in [2.24, 2.45) is 5.73 Å². The molecule has 0 aliphatic rings. The summed E-state index contributed by atoms with van der Waals surface area (Å²) in [6, 6.07) is 14.7. The van der Waals surface area contributed by atoms with Crippen molar-refractivity contribution < 1.29 is 4.74 Å². The van der Waals surface area contributed by atoms with Crippen LogP contribution in [0.3, 0.4) is 0 Å². The number of methoxy groups -OCH3 is 1. The zero-order valence-electron chi connectivity index (χ0n) is 11.6. The molecule has 0 aliphatic heterocycles. The van der Waals surface area contributed by atoms with Gasteiger partial charge in [-0.2, -0.15) is 0 Å². The van der Waals surface area contributed by atoms with Gasteiger partial charge in [-0.25, -0.2) is 0 Å². The summed E-state index contributed by atoms with van der Waals surface area (Å²) in [7, 11) is 1.68. The molecule has 0 radical (unpaired) electrons. The largest absolute Gasteiger partial charge is 0.497 e. The summed E-state index contributed by atoms with van der Waals surface area (Å²) in [5, 5.41) is 0. The highest BCUT2D eigenvalue weighted by atomic mass is 79.9. The fourth-order valence-corrected chi connectivity index (χ4v) is 3.38. The van der Waals surface area contributed by atoms with E-state index in [1.165, 1.54) is 15.4 Å². The molecule has 0 saturated carbocycles. The highest BCUT2D eigenvalue weighted by Crippen LogP contribution is 2.34. The van der Waals surface area contributed by atoms with E-state index in [0.29, 0.717) is 0 Å². The predicted molar refractivity (Wildman–Crippen MR) is 88.6 cm³/mol. The van der Waals surface area contributed by atoms with Gasteiger partial charge < -0.3 is 10.5 Å². The van der Waals surface area contributed by atoms with Crippen LogP contribution in [0.15, 0.2) is 56.7 Å². The van der Waals surface area contributed by atoms with Crippen LogP contribution in [0.25, 0.3) is 0 Å². The smallest absolute Gasteiger partial charge is 0.118 e. The highest BCUT2D eigenvalue weighted by molar-refractivity contribution is 9.10. The van der Waals surface area contributed by atoms with E-state index in [2.05, 4.69) is 46.3 Å². The van der Waals surface area contributed by atoms with Crippen LogP contribution in [0.2, 0.25) is 0 Å². The van der Waals surface area contributed by atoms with Crippen molar-refractivity contribution >= 4 is 27.7 Å². The minimum absolute atomic E-state index is 0.182. The summed E-state index contributed by atoms with van der Waals surface area (Å²) in [5.74, 6) is 0.876. The molecule has 0 aromatic heterocycles. The molecular weight excluding hydrogens is 334 g/mol. The van der Waals surface area contributed by atoms with E-state index in [0.717, 1.165) is 16.6 Å². The Morgan fingerprint density at radius 1 is 1.20 bits per heavy atom.